The third kappa shape index (κ3) is 4.88. The molecule has 3 heterocycles. The van der Waals surface area contributed by atoms with Crippen LogP contribution in [0.1, 0.15) is 35.1 Å². The molecule has 1 fully saturated rings. The minimum Gasteiger partial charge on any atom is -0.393 e. The van der Waals surface area contributed by atoms with Crippen molar-refractivity contribution in [2.75, 3.05) is 32.1 Å². The fraction of sp³-hybridized carbons (Fsp3) is 0.450. The Morgan fingerprint density at radius 3 is 2.73 bits per heavy atom. The maximum absolute atomic E-state index is 14.8. The van der Waals surface area contributed by atoms with Gasteiger partial charge in [0.05, 0.1) is 28.8 Å². The molecular formula is C20H25FN6O2S. The first-order valence-electron chi connectivity index (χ1n) is 9.68. The molecule has 0 bridgehead atoms. The van der Waals surface area contributed by atoms with Crippen LogP contribution in [-0.2, 0) is 6.54 Å². The molecule has 0 unspecified atom stereocenters. The van der Waals surface area contributed by atoms with Crippen molar-refractivity contribution >= 4 is 35.6 Å². The number of halogens is 1. The number of aliphatic hydroxyl groups excluding tert-OH is 1. The molecule has 2 aromatic heterocycles. The van der Waals surface area contributed by atoms with E-state index < -0.39 is 5.95 Å². The molecule has 0 saturated carbocycles. The van der Waals surface area contributed by atoms with Crippen LogP contribution in [0.3, 0.4) is 0 Å². The summed E-state index contributed by atoms with van der Waals surface area (Å²) < 4.78 is 14.8. The smallest absolute Gasteiger partial charge is 0.225 e. The number of aldehydes is 1. The second-order valence-corrected chi connectivity index (χ2v) is 7.97. The number of aliphatic hydroxyl groups is 1. The van der Waals surface area contributed by atoms with Gasteiger partial charge in [0.25, 0.3) is 0 Å². The predicted octanol–water partition coefficient (Wildman–Crippen LogP) is 2.63. The Hall–Kier alpha value is -2.72. The first-order chi connectivity index (χ1) is 14.5. The van der Waals surface area contributed by atoms with Gasteiger partial charge in [0.2, 0.25) is 11.9 Å². The van der Waals surface area contributed by atoms with Crippen LogP contribution in [0.4, 0.5) is 10.2 Å². The number of aromatic nitrogens is 2. The van der Waals surface area contributed by atoms with Gasteiger partial charge in [-0.1, -0.05) is 0 Å². The molecule has 2 aromatic rings. The number of nitrogens with zero attached hydrogens (tertiary/aromatic N) is 6. The van der Waals surface area contributed by atoms with Gasteiger partial charge in [-0.15, -0.1) is 11.3 Å². The predicted molar refractivity (Wildman–Crippen MR) is 117 cm³/mol. The highest BCUT2D eigenvalue weighted by molar-refractivity contribution is 7.16. The lowest BCUT2D eigenvalue weighted by molar-refractivity contribution is 0.112. The van der Waals surface area contributed by atoms with E-state index in [2.05, 4.69) is 20.0 Å². The molecule has 0 spiro atoms. The molecule has 1 N–H and O–H groups in total. The summed E-state index contributed by atoms with van der Waals surface area (Å²) in [5, 5.41) is 10.0. The van der Waals surface area contributed by atoms with E-state index in [9.17, 15) is 14.3 Å². The van der Waals surface area contributed by atoms with Gasteiger partial charge in [0.1, 0.15) is 10.8 Å². The molecule has 160 valence electrons. The fourth-order valence-electron chi connectivity index (χ4n) is 3.28. The van der Waals surface area contributed by atoms with E-state index in [-0.39, 0.29) is 11.7 Å². The van der Waals surface area contributed by atoms with E-state index in [0.29, 0.717) is 59.8 Å². The van der Waals surface area contributed by atoms with Crippen molar-refractivity contribution in [2.45, 2.75) is 32.4 Å². The molecule has 3 rings (SSSR count). The zero-order valence-electron chi connectivity index (χ0n) is 17.2. The largest absolute Gasteiger partial charge is 0.393 e. The Bertz CT molecular complexity index is 953. The number of carbonyl (C=O) groups is 1. The minimum atomic E-state index is -0.629. The number of carbonyl (C=O) groups excluding carboxylic acids is 1. The Morgan fingerprint density at radius 1 is 1.40 bits per heavy atom. The number of piperidine rings is 1. The van der Waals surface area contributed by atoms with Crippen molar-refractivity contribution in [3.63, 3.8) is 0 Å². The van der Waals surface area contributed by atoms with Crippen molar-refractivity contribution in [1.82, 2.24) is 14.9 Å². The molecule has 1 aliphatic rings. The van der Waals surface area contributed by atoms with E-state index in [4.69, 9.17) is 0 Å². The summed E-state index contributed by atoms with van der Waals surface area (Å²) in [6.07, 6.45) is 3.34. The number of rotatable bonds is 5. The number of guanidine groups is 1. The van der Waals surface area contributed by atoms with Gasteiger partial charge < -0.3 is 14.9 Å². The van der Waals surface area contributed by atoms with Crippen LogP contribution in [0.25, 0.3) is 10.6 Å². The van der Waals surface area contributed by atoms with Crippen LogP contribution in [0.15, 0.2) is 22.1 Å². The fourth-order valence-corrected chi connectivity index (χ4v) is 4.18. The van der Waals surface area contributed by atoms with Gasteiger partial charge in [-0.2, -0.15) is 4.39 Å². The normalized spacial score (nSPS) is 15.8. The molecule has 1 aliphatic heterocycles. The lowest BCUT2D eigenvalue weighted by Crippen LogP contribution is -2.36. The SMILES string of the molecule is C/C=N\C(=NC)N(C)Cc1nc(-c2ccc(N3CCC(O)CC3)nc2F)sc1C=O. The highest BCUT2D eigenvalue weighted by atomic mass is 32.1. The van der Waals surface area contributed by atoms with Crippen LogP contribution in [0, 0.1) is 5.95 Å². The van der Waals surface area contributed by atoms with Gasteiger partial charge in [-0.25, -0.2) is 15.0 Å². The lowest BCUT2D eigenvalue weighted by atomic mass is 10.1. The summed E-state index contributed by atoms with van der Waals surface area (Å²) in [6.45, 7) is 3.38. The van der Waals surface area contributed by atoms with Gasteiger partial charge in [0.15, 0.2) is 6.29 Å². The Kier molecular flexibility index (Phi) is 7.22. The summed E-state index contributed by atoms with van der Waals surface area (Å²) in [5.74, 6) is 0.417. The molecule has 0 aliphatic carbocycles. The maximum atomic E-state index is 14.8. The van der Waals surface area contributed by atoms with E-state index >= 15 is 0 Å². The Balaban J connectivity index is 1.83. The first kappa shape index (κ1) is 22.0. The van der Waals surface area contributed by atoms with Gasteiger partial charge >= 0.3 is 0 Å². The number of pyridine rings is 1. The second-order valence-electron chi connectivity index (χ2n) is 6.94. The average molecular weight is 433 g/mol. The first-order valence-corrected chi connectivity index (χ1v) is 10.5. The number of hydrogen-bond donors (Lipinski definition) is 1. The molecule has 30 heavy (non-hydrogen) atoms. The van der Waals surface area contributed by atoms with Gasteiger partial charge in [0, 0.05) is 33.4 Å². The highest BCUT2D eigenvalue weighted by Gasteiger charge is 2.21. The molecule has 0 atom stereocenters. The van der Waals surface area contributed by atoms with Crippen molar-refractivity contribution in [1.29, 1.82) is 0 Å². The summed E-state index contributed by atoms with van der Waals surface area (Å²) in [6, 6.07) is 3.39. The average Bonchev–Trinajstić information content (AvgIpc) is 3.14. The second kappa shape index (κ2) is 9.86. The minimum absolute atomic E-state index is 0.258. The van der Waals surface area contributed by atoms with Crippen LogP contribution >= 0.6 is 11.3 Å². The number of hydrogen-bond acceptors (Lipinski definition) is 7. The van der Waals surface area contributed by atoms with Gasteiger partial charge in [-0.05, 0) is 31.9 Å². The molecule has 0 amide bonds. The van der Waals surface area contributed by atoms with Crippen molar-refractivity contribution in [2.24, 2.45) is 9.98 Å². The third-order valence-corrected chi connectivity index (χ3v) is 5.92. The van der Waals surface area contributed by atoms with E-state index in [1.54, 1.807) is 44.3 Å². The third-order valence-electron chi connectivity index (χ3n) is 4.86. The number of aliphatic imine (C=N–C) groups is 2. The number of thiazole rings is 1. The van der Waals surface area contributed by atoms with Crippen LogP contribution in [0.5, 0.6) is 0 Å². The van der Waals surface area contributed by atoms with Crippen molar-refractivity contribution in [3.05, 3.63) is 28.7 Å². The lowest BCUT2D eigenvalue weighted by Gasteiger charge is -2.30. The molecule has 10 heteroatoms. The van der Waals surface area contributed by atoms with Crippen LogP contribution in [0.2, 0.25) is 0 Å². The molecule has 1 saturated heterocycles. The van der Waals surface area contributed by atoms with Crippen molar-refractivity contribution < 1.29 is 14.3 Å². The molecular weight excluding hydrogens is 407 g/mol. The summed E-state index contributed by atoms with van der Waals surface area (Å²) >= 11 is 1.13. The summed E-state index contributed by atoms with van der Waals surface area (Å²) in [4.78, 5) is 32.6. The zero-order valence-corrected chi connectivity index (χ0v) is 18.1. The zero-order chi connectivity index (χ0) is 21.7. The van der Waals surface area contributed by atoms with E-state index in [0.717, 1.165) is 17.6 Å². The van der Waals surface area contributed by atoms with Crippen LogP contribution in [-0.4, -0.2) is 71.7 Å². The van der Waals surface area contributed by atoms with Crippen molar-refractivity contribution in [3.8, 4) is 10.6 Å². The van der Waals surface area contributed by atoms with E-state index in [1.165, 1.54) is 0 Å². The summed E-state index contributed by atoms with van der Waals surface area (Å²) in [5.41, 5.74) is 0.794. The number of anilines is 1. The highest BCUT2D eigenvalue weighted by Crippen LogP contribution is 2.31. The van der Waals surface area contributed by atoms with Gasteiger partial charge in [-0.3, -0.25) is 9.79 Å². The maximum Gasteiger partial charge on any atom is 0.225 e. The Labute approximate surface area is 178 Å². The van der Waals surface area contributed by atoms with E-state index in [1.807, 2.05) is 4.90 Å². The molecule has 0 radical (unpaired) electrons. The summed E-state index contributed by atoms with van der Waals surface area (Å²) in [7, 11) is 3.44. The quantitative estimate of drug-likeness (QED) is 0.338. The monoisotopic (exact) mass is 432 g/mol. The molecule has 8 nitrogen and oxygen atoms in total. The standard InChI is InChI=1S/C20H25FN6O2S/c1-4-23-20(22-2)26(3)11-15-16(12-28)30-19(24-15)14-5-6-17(25-18(14)21)27-9-7-13(29)8-10-27/h4-6,12-13,29H,7-11H2,1-3H3/b22-20?,23-4-. The Morgan fingerprint density at radius 2 is 2.13 bits per heavy atom. The molecule has 0 aromatic carbocycles. The topological polar surface area (TPSA) is 94.3 Å². The van der Waals surface area contributed by atoms with Crippen LogP contribution < -0.4 is 4.90 Å².